The molecule has 0 aliphatic heterocycles. The maximum Gasteiger partial charge on any atom is 0.168 e. The van der Waals surface area contributed by atoms with Crippen LogP contribution in [0.15, 0.2) is 42.6 Å². The van der Waals surface area contributed by atoms with E-state index in [0.29, 0.717) is 5.69 Å². The lowest BCUT2D eigenvalue weighted by atomic mass is 10.2. The predicted octanol–water partition coefficient (Wildman–Crippen LogP) is 2.32. The highest BCUT2D eigenvalue weighted by Crippen LogP contribution is 2.03. The third-order valence-electron chi connectivity index (χ3n) is 2.03. The van der Waals surface area contributed by atoms with Crippen molar-refractivity contribution in [2.45, 2.75) is 0 Å². The van der Waals surface area contributed by atoms with Crippen LogP contribution in [0.1, 0.15) is 16.1 Å². The van der Waals surface area contributed by atoms with Gasteiger partial charge in [-0.25, -0.2) is 4.68 Å². The van der Waals surface area contributed by atoms with Gasteiger partial charge in [-0.1, -0.05) is 30.3 Å². The Balaban J connectivity index is 2.22. The summed E-state index contributed by atoms with van der Waals surface area (Å²) in [5.41, 5.74) is 1.62. The van der Waals surface area contributed by atoms with Crippen LogP contribution in [0.4, 0.5) is 0 Å². The molecule has 0 spiro atoms. The summed E-state index contributed by atoms with van der Waals surface area (Å²) in [6.07, 6.45) is 6.04. The minimum absolute atomic E-state index is 0.544. The number of aldehydes is 1. The van der Waals surface area contributed by atoms with E-state index in [-0.39, 0.29) is 0 Å². The fourth-order valence-corrected chi connectivity index (χ4v) is 1.26. The van der Waals surface area contributed by atoms with Gasteiger partial charge < -0.3 is 0 Å². The molecule has 2 aromatic rings. The van der Waals surface area contributed by atoms with Crippen molar-refractivity contribution in [2.24, 2.45) is 0 Å². The molecule has 0 aliphatic rings. The highest BCUT2D eigenvalue weighted by molar-refractivity contribution is 5.74. The molecule has 0 saturated carbocycles. The minimum Gasteiger partial charge on any atom is -0.296 e. The van der Waals surface area contributed by atoms with Crippen molar-refractivity contribution < 1.29 is 4.79 Å². The van der Waals surface area contributed by atoms with Gasteiger partial charge in [-0.3, -0.25) is 4.79 Å². The Morgan fingerprint density at radius 3 is 2.67 bits per heavy atom. The van der Waals surface area contributed by atoms with Crippen LogP contribution in [-0.4, -0.2) is 16.1 Å². The maximum absolute atomic E-state index is 10.6. The third kappa shape index (κ3) is 2.20. The van der Waals surface area contributed by atoms with Gasteiger partial charge in [0.2, 0.25) is 0 Å². The normalized spacial score (nSPS) is 10.7. The van der Waals surface area contributed by atoms with E-state index in [9.17, 15) is 4.79 Å². The second-order valence-corrected chi connectivity index (χ2v) is 3.04. The Morgan fingerprint density at radius 1 is 1.13 bits per heavy atom. The van der Waals surface area contributed by atoms with Gasteiger partial charge in [0.05, 0.1) is 6.20 Å². The molecule has 0 fully saturated rings. The van der Waals surface area contributed by atoms with Crippen molar-refractivity contribution in [1.82, 2.24) is 9.78 Å². The summed E-state index contributed by atoms with van der Waals surface area (Å²) in [6.45, 7) is 0. The Kier molecular flexibility index (Phi) is 2.74. The van der Waals surface area contributed by atoms with Crippen molar-refractivity contribution in [3.63, 3.8) is 0 Å². The van der Waals surface area contributed by atoms with Crippen molar-refractivity contribution >= 4 is 18.6 Å². The highest BCUT2D eigenvalue weighted by Gasteiger charge is 1.95. The molecule has 74 valence electrons. The average molecular weight is 198 g/mol. The molecular weight excluding hydrogens is 188 g/mol. The monoisotopic (exact) mass is 198 g/mol. The first kappa shape index (κ1) is 9.40. The van der Waals surface area contributed by atoms with Crippen LogP contribution in [0.5, 0.6) is 0 Å². The number of rotatable bonds is 3. The van der Waals surface area contributed by atoms with Gasteiger partial charge in [-0.2, -0.15) is 5.10 Å². The van der Waals surface area contributed by atoms with Crippen LogP contribution in [0.25, 0.3) is 12.3 Å². The van der Waals surface area contributed by atoms with Crippen molar-refractivity contribution in [3.05, 3.63) is 53.9 Å². The standard InChI is InChI=1S/C12H10N2O/c15-10-12-6-8-13-14(12)9-7-11-4-2-1-3-5-11/h1-10H. The predicted molar refractivity (Wildman–Crippen MR) is 59.3 cm³/mol. The second-order valence-electron chi connectivity index (χ2n) is 3.04. The number of nitrogens with zero attached hydrogens (tertiary/aromatic N) is 2. The first-order valence-corrected chi connectivity index (χ1v) is 4.62. The fraction of sp³-hybridized carbons (Fsp3) is 0. The summed E-state index contributed by atoms with van der Waals surface area (Å²) in [7, 11) is 0. The minimum atomic E-state index is 0.544. The molecule has 0 bridgehead atoms. The van der Waals surface area contributed by atoms with E-state index in [2.05, 4.69) is 5.10 Å². The summed E-state index contributed by atoms with van der Waals surface area (Å²) in [4.78, 5) is 10.6. The molecule has 0 unspecified atom stereocenters. The highest BCUT2D eigenvalue weighted by atomic mass is 16.1. The van der Waals surface area contributed by atoms with Crippen LogP contribution < -0.4 is 0 Å². The number of carbonyl (C=O) groups excluding carboxylic acids is 1. The molecule has 0 saturated heterocycles. The van der Waals surface area contributed by atoms with Crippen LogP contribution in [0.3, 0.4) is 0 Å². The van der Waals surface area contributed by atoms with Gasteiger partial charge in [0.15, 0.2) is 6.29 Å². The van der Waals surface area contributed by atoms with Crippen LogP contribution in [0.2, 0.25) is 0 Å². The maximum atomic E-state index is 10.6. The van der Waals surface area contributed by atoms with Gasteiger partial charge >= 0.3 is 0 Å². The molecule has 1 aromatic heterocycles. The molecule has 3 nitrogen and oxygen atoms in total. The molecule has 0 aliphatic carbocycles. The van der Waals surface area contributed by atoms with Crippen LogP contribution in [0, 0.1) is 0 Å². The van der Waals surface area contributed by atoms with Crippen molar-refractivity contribution in [1.29, 1.82) is 0 Å². The van der Waals surface area contributed by atoms with E-state index in [1.165, 1.54) is 0 Å². The number of hydrogen-bond donors (Lipinski definition) is 0. The van der Waals surface area contributed by atoms with Gasteiger partial charge in [-0.05, 0) is 17.7 Å². The molecule has 3 heteroatoms. The smallest absolute Gasteiger partial charge is 0.168 e. The molecule has 15 heavy (non-hydrogen) atoms. The Bertz CT molecular complexity index is 471. The van der Waals surface area contributed by atoms with Gasteiger partial charge in [0.1, 0.15) is 5.69 Å². The molecule has 0 amide bonds. The molecule has 0 radical (unpaired) electrons. The van der Waals surface area contributed by atoms with Crippen LogP contribution in [-0.2, 0) is 0 Å². The molecular formula is C12H10N2O. The lowest BCUT2D eigenvalue weighted by Crippen LogP contribution is -1.94. The van der Waals surface area contributed by atoms with E-state index in [1.807, 2.05) is 36.4 Å². The van der Waals surface area contributed by atoms with Gasteiger partial charge in [-0.15, -0.1) is 0 Å². The van der Waals surface area contributed by atoms with Gasteiger partial charge in [0.25, 0.3) is 0 Å². The lowest BCUT2D eigenvalue weighted by molar-refractivity contribution is 0.111. The second kappa shape index (κ2) is 4.37. The molecule has 0 N–H and O–H groups in total. The number of hydrogen-bond acceptors (Lipinski definition) is 2. The zero-order valence-corrected chi connectivity index (χ0v) is 8.08. The Labute approximate surface area is 87.7 Å². The number of aromatic nitrogens is 2. The van der Waals surface area contributed by atoms with Crippen molar-refractivity contribution in [3.8, 4) is 0 Å². The first-order valence-electron chi connectivity index (χ1n) is 4.62. The molecule has 1 aromatic carbocycles. The summed E-state index contributed by atoms with van der Waals surface area (Å²) >= 11 is 0. The average Bonchev–Trinajstić information content (AvgIpc) is 2.75. The Morgan fingerprint density at radius 2 is 1.93 bits per heavy atom. The zero-order valence-electron chi connectivity index (χ0n) is 8.08. The Hall–Kier alpha value is -2.16. The van der Waals surface area contributed by atoms with E-state index < -0.39 is 0 Å². The zero-order chi connectivity index (χ0) is 10.5. The van der Waals surface area contributed by atoms with Gasteiger partial charge in [0, 0.05) is 6.20 Å². The third-order valence-corrected chi connectivity index (χ3v) is 2.03. The molecule has 1 heterocycles. The van der Waals surface area contributed by atoms with Crippen LogP contribution >= 0.6 is 0 Å². The summed E-state index contributed by atoms with van der Waals surface area (Å²) < 4.78 is 1.54. The number of carbonyl (C=O) groups is 1. The van der Waals surface area contributed by atoms with E-state index in [4.69, 9.17) is 0 Å². The molecule has 0 atom stereocenters. The van der Waals surface area contributed by atoms with E-state index >= 15 is 0 Å². The SMILES string of the molecule is O=Cc1ccnn1C=Cc1ccccc1. The molecule has 2 rings (SSSR count). The summed E-state index contributed by atoms with van der Waals surface area (Å²) in [6, 6.07) is 11.5. The van der Waals surface area contributed by atoms with Crippen molar-refractivity contribution in [2.75, 3.05) is 0 Å². The largest absolute Gasteiger partial charge is 0.296 e. The summed E-state index contributed by atoms with van der Waals surface area (Å²) in [5.74, 6) is 0. The first-order chi connectivity index (χ1) is 7.40. The summed E-state index contributed by atoms with van der Waals surface area (Å²) in [5, 5.41) is 4.00. The lowest BCUT2D eigenvalue weighted by Gasteiger charge is -1.94. The van der Waals surface area contributed by atoms with E-state index in [1.54, 1.807) is 23.1 Å². The van der Waals surface area contributed by atoms with E-state index in [0.717, 1.165) is 11.8 Å². The topological polar surface area (TPSA) is 34.9 Å². The fourth-order valence-electron chi connectivity index (χ4n) is 1.26. The number of benzene rings is 1. The quantitative estimate of drug-likeness (QED) is 0.709.